The summed E-state index contributed by atoms with van der Waals surface area (Å²) >= 11 is 0. The molecule has 0 N–H and O–H groups in total. The first-order chi connectivity index (χ1) is 10.0. The average Bonchev–Trinajstić information content (AvgIpc) is 2.35. The standard InChI is InChI=1S/C15H18F3NO3/c1-14(2,3)22-13(21)19(8-9-20)10-11-4-6-12(7-5-11)15(16,17)18/h4-7,9H,8,10H2,1-3H3. The van der Waals surface area contributed by atoms with Gasteiger partial charge in [0.1, 0.15) is 11.9 Å². The van der Waals surface area contributed by atoms with E-state index in [9.17, 15) is 22.8 Å². The molecule has 0 fully saturated rings. The highest BCUT2D eigenvalue weighted by molar-refractivity contribution is 5.71. The van der Waals surface area contributed by atoms with Crippen molar-refractivity contribution in [3.63, 3.8) is 0 Å². The van der Waals surface area contributed by atoms with Gasteiger partial charge in [-0.15, -0.1) is 0 Å². The third-order valence-corrected chi connectivity index (χ3v) is 2.60. The number of carbonyl (C=O) groups excluding carboxylic acids is 2. The number of nitrogens with zero attached hydrogens (tertiary/aromatic N) is 1. The Labute approximate surface area is 126 Å². The van der Waals surface area contributed by atoms with Gasteiger partial charge in [0.25, 0.3) is 0 Å². The number of rotatable bonds is 4. The molecule has 7 heteroatoms. The molecular weight excluding hydrogens is 299 g/mol. The van der Waals surface area contributed by atoms with Crippen LogP contribution < -0.4 is 0 Å². The molecule has 0 saturated carbocycles. The van der Waals surface area contributed by atoms with Gasteiger partial charge in [-0.25, -0.2) is 4.79 Å². The monoisotopic (exact) mass is 317 g/mol. The molecule has 122 valence electrons. The first kappa shape index (κ1) is 18.0. The summed E-state index contributed by atoms with van der Waals surface area (Å²) in [7, 11) is 0. The van der Waals surface area contributed by atoms with Gasteiger partial charge in [0, 0.05) is 6.54 Å². The van der Waals surface area contributed by atoms with Crippen LogP contribution in [0.3, 0.4) is 0 Å². The number of alkyl halides is 3. The summed E-state index contributed by atoms with van der Waals surface area (Å²) in [4.78, 5) is 23.7. The van der Waals surface area contributed by atoms with Gasteiger partial charge in [0.15, 0.2) is 0 Å². The zero-order valence-corrected chi connectivity index (χ0v) is 12.6. The van der Waals surface area contributed by atoms with Crippen molar-refractivity contribution in [3.8, 4) is 0 Å². The zero-order valence-electron chi connectivity index (χ0n) is 12.6. The van der Waals surface area contributed by atoms with Crippen molar-refractivity contribution in [1.82, 2.24) is 4.90 Å². The first-order valence-corrected chi connectivity index (χ1v) is 6.60. The summed E-state index contributed by atoms with van der Waals surface area (Å²) < 4.78 is 42.6. The van der Waals surface area contributed by atoms with Crippen molar-refractivity contribution in [2.45, 2.75) is 39.1 Å². The third kappa shape index (κ3) is 5.75. The first-order valence-electron chi connectivity index (χ1n) is 6.60. The molecule has 1 amide bonds. The maximum absolute atomic E-state index is 12.5. The number of aldehydes is 1. The highest BCUT2D eigenvalue weighted by Gasteiger charge is 2.30. The molecule has 0 aliphatic carbocycles. The van der Waals surface area contributed by atoms with E-state index in [4.69, 9.17) is 4.74 Å². The van der Waals surface area contributed by atoms with E-state index >= 15 is 0 Å². The van der Waals surface area contributed by atoms with E-state index in [1.54, 1.807) is 20.8 Å². The Kier molecular flexibility index (Phi) is 5.57. The van der Waals surface area contributed by atoms with E-state index in [2.05, 4.69) is 0 Å². The molecule has 1 rings (SSSR count). The number of ether oxygens (including phenoxy) is 1. The molecular formula is C15H18F3NO3. The molecule has 0 aliphatic rings. The second-order valence-electron chi connectivity index (χ2n) is 5.72. The SMILES string of the molecule is CC(C)(C)OC(=O)N(CC=O)Cc1ccc(C(F)(F)F)cc1. The van der Waals surface area contributed by atoms with Crippen molar-refractivity contribution in [2.75, 3.05) is 6.54 Å². The van der Waals surface area contributed by atoms with Gasteiger partial charge in [0.05, 0.1) is 12.1 Å². The quantitative estimate of drug-likeness (QED) is 0.797. The second kappa shape index (κ2) is 6.81. The molecule has 22 heavy (non-hydrogen) atoms. The lowest BCUT2D eigenvalue weighted by Crippen LogP contribution is -2.37. The van der Waals surface area contributed by atoms with Crippen molar-refractivity contribution < 1.29 is 27.5 Å². The topological polar surface area (TPSA) is 46.6 Å². The van der Waals surface area contributed by atoms with Crippen molar-refractivity contribution >= 4 is 12.4 Å². The minimum Gasteiger partial charge on any atom is -0.444 e. The second-order valence-corrected chi connectivity index (χ2v) is 5.72. The summed E-state index contributed by atoms with van der Waals surface area (Å²) in [6.07, 6.45) is -4.57. The molecule has 0 atom stereocenters. The maximum Gasteiger partial charge on any atom is 0.416 e. The lowest BCUT2D eigenvalue weighted by atomic mass is 10.1. The van der Waals surface area contributed by atoms with Crippen LogP contribution in [0.4, 0.5) is 18.0 Å². The summed E-state index contributed by atoms with van der Waals surface area (Å²) in [5.41, 5.74) is -1.02. The highest BCUT2D eigenvalue weighted by atomic mass is 19.4. The van der Waals surface area contributed by atoms with Crippen molar-refractivity contribution in [2.24, 2.45) is 0 Å². The Bertz CT molecular complexity index is 518. The Morgan fingerprint density at radius 3 is 2.14 bits per heavy atom. The average molecular weight is 317 g/mol. The molecule has 0 aliphatic heterocycles. The van der Waals surface area contributed by atoms with Crippen LogP contribution in [0.15, 0.2) is 24.3 Å². The molecule has 4 nitrogen and oxygen atoms in total. The Hall–Kier alpha value is -2.05. The molecule has 0 bridgehead atoms. The number of halogens is 3. The highest BCUT2D eigenvalue weighted by Crippen LogP contribution is 2.29. The largest absolute Gasteiger partial charge is 0.444 e. The lowest BCUT2D eigenvalue weighted by Gasteiger charge is -2.26. The predicted molar refractivity (Wildman–Crippen MR) is 74.2 cm³/mol. The van der Waals surface area contributed by atoms with Crippen LogP contribution in [0.5, 0.6) is 0 Å². The number of hydrogen-bond donors (Lipinski definition) is 0. The predicted octanol–water partition coefficient (Wildman–Crippen LogP) is 3.64. The molecule has 0 saturated heterocycles. The zero-order chi connectivity index (χ0) is 17.0. The van der Waals surface area contributed by atoms with E-state index in [1.165, 1.54) is 12.1 Å². The minimum absolute atomic E-state index is 0.00814. The Balaban J connectivity index is 2.83. The summed E-state index contributed by atoms with van der Waals surface area (Å²) in [5.74, 6) is 0. The molecule has 0 spiro atoms. The normalized spacial score (nSPS) is 11.9. The van der Waals surface area contributed by atoms with Crippen LogP contribution in [-0.2, 0) is 22.3 Å². The van der Waals surface area contributed by atoms with Gasteiger partial charge in [-0.05, 0) is 38.5 Å². The van der Waals surface area contributed by atoms with Crippen molar-refractivity contribution in [1.29, 1.82) is 0 Å². The number of carbonyl (C=O) groups is 2. The summed E-state index contributed by atoms with van der Waals surface area (Å²) in [6.45, 7) is 4.84. The lowest BCUT2D eigenvalue weighted by molar-refractivity contribution is -0.137. The van der Waals surface area contributed by atoms with Crippen LogP contribution in [0.2, 0.25) is 0 Å². The molecule has 1 aromatic rings. The van der Waals surface area contributed by atoms with E-state index in [-0.39, 0.29) is 13.1 Å². The van der Waals surface area contributed by atoms with Gasteiger partial charge in [-0.2, -0.15) is 13.2 Å². The summed E-state index contributed by atoms with van der Waals surface area (Å²) in [5, 5.41) is 0. The van der Waals surface area contributed by atoms with E-state index in [1.807, 2.05) is 0 Å². The molecule has 0 unspecified atom stereocenters. The fraction of sp³-hybridized carbons (Fsp3) is 0.467. The third-order valence-electron chi connectivity index (χ3n) is 2.60. The van der Waals surface area contributed by atoms with Crippen LogP contribution in [0.1, 0.15) is 31.9 Å². The van der Waals surface area contributed by atoms with Gasteiger partial charge in [0.2, 0.25) is 0 Å². The van der Waals surface area contributed by atoms with Gasteiger partial charge in [-0.1, -0.05) is 12.1 Å². The fourth-order valence-electron chi connectivity index (χ4n) is 1.64. The van der Waals surface area contributed by atoms with E-state index < -0.39 is 23.4 Å². The van der Waals surface area contributed by atoms with Crippen LogP contribution in [0, 0.1) is 0 Å². The van der Waals surface area contributed by atoms with E-state index in [0.29, 0.717) is 11.8 Å². The number of hydrogen-bond acceptors (Lipinski definition) is 3. The van der Waals surface area contributed by atoms with Gasteiger partial charge < -0.3 is 9.53 Å². The van der Waals surface area contributed by atoms with Crippen LogP contribution in [0.25, 0.3) is 0 Å². The Morgan fingerprint density at radius 1 is 1.18 bits per heavy atom. The van der Waals surface area contributed by atoms with Crippen molar-refractivity contribution in [3.05, 3.63) is 35.4 Å². The summed E-state index contributed by atoms with van der Waals surface area (Å²) in [6, 6.07) is 4.41. The molecule has 0 aromatic heterocycles. The minimum atomic E-state index is -4.41. The molecule has 0 heterocycles. The smallest absolute Gasteiger partial charge is 0.416 e. The van der Waals surface area contributed by atoms with Gasteiger partial charge in [-0.3, -0.25) is 4.90 Å². The number of benzene rings is 1. The maximum atomic E-state index is 12.5. The van der Waals surface area contributed by atoms with E-state index in [0.717, 1.165) is 17.0 Å². The Morgan fingerprint density at radius 2 is 1.73 bits per heavy atom. The van der Waals surface area contributed by atoms with Gasteiger partial charge >= 0.3 is 12.3 Å². The number of amides is 1. The van der Waals surface area contributed by atoms with Crippen LogP contribution in [-0.4, -0.2) is 29.4 Å². The molecule has 1 aromatic carbocycles. The fourth-order valence-corrected chi connectivity index (χ4v) is 1.64. The molecule has 0 radical (unpaired) electrons. The van der Waals surface area contributed by atoms with Crippen LogP contribution >= 0.6 is 0 Å².